The first-order valence-corrected chi connectivity index (χ1v) is 8.63. The lowest BCUT2D eigenvalue weighted by molar-refractivity contribution is -0.140. The average Bonchev–Trinajstić information content (AvgIpc) is 3.10. The molecule has 0 aromatic heterocycles. The van der Waals surface area contributed by atoms with Crippen LogP contribution in [0.4, 0.5) is 0 Å². The Kier molecular flexibility index (Phi) is 10.8. The second kappa shape index (κ2) is 12.6. The molecule has 0 atom stereocenters. The van der Waals surface area contributed by atoms with Crippen molar-refractivity contribution in [2.75, 3.05) is 34.0 Å². The van der Waals surface area contributed by atoms with Gasteiger partial charge in [-0.05, 0) is 37.0 Å². The van der Waals surface area contributed by atoms with Gasteiger partial charge in [-0.15, -0.1) is 24.0 Å². The summed E-state index contributed by atoms with van der Waals surface area (Å²) < 4.78 is 15.3. The minimum Gasteiger partial charge on any atom is -0.469 e. The zero-order valence-corrected chi connectivity index (χ0v) is 17.7. The SMILES string of the molecule is CN=C(NCCCCCC(=O)OC)NCCc1ccc2c(c1)OCO2.I. The third kappa shape index (κ3) is 7.67. The van der Waals surface area contributed by atoms with Crippen LogP contribution in [0, 0.1) is 0 Å². The molecule has 2 rings (SSSR count). The van der Waals surface area contributed by atoms with E-state index in [9.17, 15) is 4.79 Å². The van der Waals surface area contributed by atoms with Crippen molar-refractivity contribution in [1.82, 2.24) is 10.6 Å². The number of benzene rings is 1. The Morgan fingerprint density at radius 3 is 2.69 bits per heavy atom. The number of nitrogens with one attached hydrogen (secondary N) is 2. The molecule has 1 aliphatic heterocycles. The van der Waals surface area contributed by atoms with Gasteiger partial charge in [-0.3, -0.25) is 9.79 Å². The molecule has 146 valence electrons. The number of unbranched alkanes of at least 4 members (excludes halogenated alkanes) is 2. The van der Waals surface area contributed by atoms with E-state index in [0.29, 0.717) is 13.2 Å². The summed E-state index contributed by atoms with van der Waals surface area (Å²) in [5.74, 6) is 2.26. The first-order valence-electron chi connectivity index (χ1n) is 8.63. The number of hydrogen-bond donors (Lipinski definition) is 2. The van der Waals surface area contributed by atoms with Crippen molar-refractivity contribution in [2.24, 2.45) is 4.99 Å². The Balaban J connectivity index is 0.00000338. The van der Waals surface area contributed by atoms with Gasteiger partial charge in [0.2, 0.25) is 6.79 Å². The molecule has 8 heteroatoms. The zero-order chi connectivity index (χ0) is 17.9. The molecule has 0 spiro atoms. The van der Waals surface area contributed by atoms with Crippen molar-refractivity contribution in [3.05, 3.63) is 23.8 Å². The molecule has 7 nitrogen and oxygen atoms in total. The summed E-state index contributed by atoms with van der Waals surface area (Å²) in [6, 6.07) is 6.01. The van der Waals surface area contributed by atoms with Gasteiger partial charge < -0.3 is 24.8 Å². The molecule has 0 saturated carbocycles. The van der Waals surface area contributed by atoms with Gasteiger partial charge >= 0.3 is 5.97 Å². The summed E-state index contributed by atoms with van der Waals surface area (Å²) >= 11 is 0. The molecule has 2 N–H and O–H groups in total. The van der Waals surface area contributed by atoms with E-state index < -0.39 is 0 Å². The second-order valence-corrected chi connectivity index (χ2v) is 5.75. The minimum absolute atomic E-state index is 0. The molecule has 0 amide bonds. The number of rotatable bonds is 9. The molecular weight excluding hydrogens is 449 g/mol. The van der Waals surface area contributed by atoms with Crippen molar-refractivity contribution in [1.29, 1.82) is 0 Å². The number of halogens is 1. The van der Waals surface area contributed by atoms with Crippen LogP contribution in [0.5, 0.6) is 11.5 Å². The molecule has 0 fully saturated rings. The molecule has 26 heavy (non-hydrogen) atoms. The molecule has 0 saturated heterocycles. The predicted molar refractivity (Wildman–Crippen MR) is 112 cm³/mol. The zero-order valence-electron chi connectivity index (χ0n) is 15.4. The molecule has 1 heterocycles. The lowest BCUT2D eigenvalue weighted by atomic mass is 10.1. The van der Waals surface area contributed by atoms with E-state index in [1.807, 2.05) is 18.2 Å². The van der Waals surface area contributed by atoms with Crippen LogP contribution in [0.2, 0.25) is 0 Å². The van der Waals surface area contributed by atoms with Gasteiger partial charge in [-0.1, -0.05) is 12.5 Å². The van der Waals surface area contributed by atoms with Crippen LogP contribution in [0.25, 0.3) is 0 Å². The maximum Gasteiger partial charge on any atom is 0.305 e. The molecule has 0 aliphatic carbocycles. The number of esters is 1. The normalized spacial score (nSPS) is 12.3. The van der Waals surface area contributed by atoms with Crippen molar-refractivity contribution in [2.45, 2.75) is 32.1 Å². The number of nitrogens with zero attached hydrogens (tertiary/aromatic N) is 1. The highest BCUT2D eigenvalue weighted by molar-refractivity contribution is 14.0. The van der Waals surface area contributed by atoms with Gasteiger partial charge in [0.25, 0.3) is 0 Å². The van der Waals surface area contributed by atoms with Crippen molar-refractivity contribution in [3.63, 3.8) is 0 Å². The highest BCUT2D eigenvalue weighted by atomic mass is 127. The van der Waals surface area contributed by atoms with Crippen LogP contribution in [-0.2, 0) is 16.0 Å². The standard InChI is InChI=1S/C18H27N3O4.HI/c1-19-18(20-10-5-3-4-6-17(22)23-2)21-11-9-14-7-8-15-16(12-14)25-13-24-15;/h7-8,12H,3-6,9-11,13H2,1-2H3,(H2,19,20,21);1H. The van der Waals surface area contributed by atoms with Gasteiger partial charge in [0, 0.05) is 26.6 Å². The molecule has 1 aliphatic rings. The van der Waals surface area contributed by atoms with E-state index in [0.717, 1.165) is 56.2 Å². The maximum absolute atomic E-state index is 11.0. The van der Waals surface area contributed by atoms with Crippen molar-refractivity contribution in [3.8, 4) is 11.5 Å². The van der Waals surface area contributed by atoms with Gasteiger partial charge in [0.15, 0.2) is 17.5 Å². The summed E-state index contributed by atoms with van der Waals surface area (Å²) in [6.07, 6.45) is 4.18. The quantitative estimate of drug-likeness (QED) is 0.187. The van der Waals surface area contributed by atoms with Gasteiger partial charge in [-0.25, -0.2) is 0 Å². The number of ether oxygens (including phenoxy) is 3. The first-order chi connectivity index (χ1) is 12.2. The number of carbonyl (C=O) groups excluding carboxylic acids is 1. The Bertz CT molecular complexity index is 596. The third-order valence-corrected chi connectivity index (χ3v) is 3.94. The summed E-state index contributed by atoms with van der Waals surface area (Å²) in [6.45, 7) is 1.90. The predicted octanol–water partition coefficient (Wildman–Crippen LogP) is 2.47. The van der Waals surface area contributed by atoms with Gasteiger partial charge in [0.1, 0.15) is 0 Å². The Morgan fingerprint density at radius 2 is 1.92 bits per heavy atom. The Morgan fingerprint density at radius 1 is 1.15 bits per heavy atom. The maximum atomic E-state index is 11.0. The number of aliphatic imine (C=N–C) groups is 1. The Labute approximate surface area is 171 Å². The van der Waals surface area contributed by atoms with Crippen LogP contribution < -0.4 is 20.1 Å². The number of fused-ring (bicyclic) bond motifs is 1. The van der Waals surface area contributed by atoms with Crippen molar-refractivity contribution < 1.29 is 19.0 Å². The van der Waals surface area contributed by atoms with Crippen LogP contribution in [0.3, 0.4) is 0 Å². The van der Waals surface area contributed by atoms with Gasteiger partial charge in [-0.2, -0.15) is 0 Å². The van der Waals surface area contributed by atoms with Crippen LogP contribution in [0.1, 0.15) is 31.2 Å². The fourth-order valence-electron chi connectivity index (χ4n) is 2.52. The van der Waals surface area contributed by atoms with E-state index in [2.05, 4.69) is 20.4 Å². The summed E-state index contributed by atoms with van der Waals surface area (Å²) in [7, 11) is 3.18. The number of carbonyl (C=O) groups is 1. The fourth-order valence-corrected chi connectivity index (χ4v) is 2.52. The highest BCUT2D eigenvalue weighted by Gasteiger charge is 2.12. The average molecular weight is 477 g/mol. The van der Waals surface area contributed by atoms with Crippen LogP contribution in [0.15, 0.2) is 23.2 Å². The molecule has 1 aromatic carbocycles. The molecule has 0 radical (unpaired) electrons. The lowest BCUT2D eigenvalue weighted by Gasteiger charge is -2.12. The van der Waals surface area contributed by atoms with E-state index in [1.54, 1.807) is 7.05 Å². The van der Waals surface area contributed by atoms with Crippen LogP contribution in [-0.4, -0.2) is 46.0 Å². The van der Waals surface area contributed by atoms with E-state index >= 15 is 0 Å². The molecule has 0 unspecified atom stereocenters. The topological polar surface area (TPSA) is 81.2 Å². The number of guanidine groups is 1. The number of methoxy groups -OCH3 is 1. The second-order valence-electron chi connectivity index (χ2n) is 5.75. The largest absolute Gasteiger partial charge is 0.469 e. The lowest BCUT2D eigenvalue weighted by Crippen LogP contribution is -2.38. The molecular formula is C18H28IN3O4. The van der Waals surface area contributed by atoms with E-state index in [4.69, 9.17) is 9.47 Å². The van der Waals surface area contributed by atoms with E-state index in [1.165, 1.54) is 12.7 Å². The minimum atomic E-state index is -0.144. The molecule has 1 aromatic rings. The Hall–Kier alpha value is -1.71. The monoisotopic (exact) mass is 477 g/mol. The fraction of sp³-hybridized carbons (Fsp3) is 0.556. The summed E-state index contributed by atoms with van der Waals surface area (Å²) in [5, 5.41) is 6.57. The van der Waals surface area contributed by atoms with Crippen LogP contribution >= 0.6 is 24.0 Å². The van der Waals surface area contributed by atoms with Crippen molar-refractivity contribution >= 4 is 35.9 Å². The number of hydrogen-bond acceptors (Lipinski definition) is 5. The summed E-state index contributed by atoms with van der Waals surface area (Å²) in [4.78, 5) is 15.2. The third-order valence-electron chi connectivity index (χ3n) is 3.94. The summed E-state index contributed by atoms with van der Waals surface area (Å²) in [5.41, 5.74) is 1.19. The smallest absolute Gasteiger partial charge is 0.305 e. The van der Waals surface area contributed by atoms with E-state index in [-0.39, 0.29) is 29.9 Å². The van der Waals surface area contributed by atoms with Gasteiger partial charge in [0.05, 0.1) is 7.11 Å². The highest BCUT2D eigenvalue weighted by Crippen LogP contribution is 2.32. The molecule has 0 bridgehead atoms. The first kappa shape index (κ1) is 22.3.